The van der Waals surface area contributed by atoms with E-state index in [0.29, 0.717) is 0 Å². The molecule has 0 aromatic carbocycles. The molecule has 0 fully saturated rings. The fraction of sp³-hybridized carbons (Fsp3) is 0.444. The third kappa shape index (κ3) is 1.75. The lowest BCUT2D eigenvalue weighted by molar-refractivity contribution is 0.589. The van der Waals surface area contributed by atoms with Crippen LogP contribution in [0.25, 0.3) is 0 Å². The minimum Gasteiger partial charge on any atom is -0.340 e. The van der Waals surface area contributed by atoms with Crippen molar-refractivity contribution in [3.63, 3.8) is 0 Å². The van der Waals surface area contributed by atoms with Crippen LogP contribution in [0.15, 0.2) is 18.7 Å². The lowest BCUT2D eigenvalue weighted by Crippen LogP contribution is -2.20. The molecule has 0 amide bonds. The number of hydrogen-bond acceptors (Lipinski definition) is 4. The Morgan fingerprint density at radius 2 is 2.20 bits per heavy atom. The van der Waals surface area contributed by atoms with E-state index in [4.69, 9.17) is 0 Å². The molecule has 0 saturated carbocycles. The van der Waals surface area contributed by atoms with Crippen LogP contribution in [-0.4, -0.2) is 31.6 Å². The zero-order valence-corrected chi connectivity index (χ0v) is 9.05. The Morgan fingerprint density at radius 1 is 1.40 bits per heavy atom. The maximum atomic E-state index is 4.32. The van der Waals surface area contributed by atoms with Crippen LogP contribution in [0.1, 0.15) is 17.4 Å². The van der Waals surface area contributed by atoms with Crippen LogP contribution in [0.5, 0.6) is 0 Å². The molecule has 0 aliphatic heterocycles. The number of hydrogen-bond donors (Lipinski definition) is 1. The Hall–Kier alpha value is -1.69. The molecule has 15 heavy (non-hydrogen) atoms. The SMILES string of the molecule is CNC(c1cn(C)cn1)c1cnnn1C. The van der Waals surface area contributed by atoms with E-state index >= 15 is 0 Å². The molecule has 2 aromatic heterocycles. The van der Waals surface area contributed by atoms with E-state index in [1.807, 2.05) is 31.9 Å². The number of imidazole rings is 1. The van der Waals surface area contributed by atoms with Gasteiger partial charge in [-0.15, -0.1) is 5.10 Å². The largest absolute Gasteiger partial charge is 0.340 e. The van der Waals surface area contributed by atoms with Crippen LogP contribution >= 0.6 is 0 Å². The number of nitrogens with one attached hydrogen (secondary N) is 1. The fourth-order valence-corrected chi connectivity index (χ4v) is 1.59. The summed E-state index contributed by atoms with van der Waals surface area (Å²) in [7, 11) is 5.71. The van der Waals surface area contributed by atoms with Crippen LogP contribution in [-0.2, 0) is 14.1 Å². The molecular weight excluding hydrogens is 192 g/mol. The number of nitrogens with zero attached hydrogens (tertiary/aromatic N) is 5. The summed E-state index contributed by atoms with van der Waals surface area (Å²) < 4.78 is 3.67. The highest BCUT2D eigenvalue weighted by Crippen LogP contribution is 2.17. The van der Waals surface area contributed by atoms with Crippen molar-refractivity contribution in [3.05, 3.63) is 30.1 Å². The maximum Gasteiger partial charge on any atom is 0.0951 e. The zero-order chi connectivity index (χ0) is 10.8. The van der Waals surface area contributed by atoms with Crippen molar-refractivity contribution in [3.8, 4) is 0 Å². The molecule has 6 nitrogen and oxygen atoms in total. The molecule has 1 N–H and O–H groups in total. The van der Waals surface area contributed by atoms with Crippen LogP contribution < -0.4 is 5.32 Å². The van der Waals surface area contributed by atoms with Crippen LogP contribution in [0.3, 0.4) is 0 Å². The lowest BCUT2D eigenvalue weighted by Gasteiger charge is -2.12. The van der Waals surface area contributed by atoms with Crippen LogP contribution in [0.2, 0.25) is 0 Å². The minimum absolute atomic E-state index is 0.0335. The summed E-state index contributed by atoms with van der Waals surface area (Å²) in [5, 5.41) is 11.0. The predicted octanol–water partition coefficient (Wildman–Crippen LogP) is -0.143. The van der Waals surface area contributed by atoms with Crippen molar-refractivity contribution in [1.29, 1.82) is 0 Å². The summed E-state index contributed by atoms with van der Waals surface area (Å²) >= 11 is 0. The number of aryl methyl sites for hydroxylation is 2. The van der Waals surface area contributed by atoms with Gasteiger partial charge in [0.05, 0.1) is 30.0 Å². The highest BCUT2D eigenvalue weighted by atomic mass is 15.4. The second-order valence-electron chi connectivity index (χ2n) is 3.47. The van der Waals surface area contributed by atoms with Crippen LogP contribution in [0.4, 0.5) is 0 Å². The van der Waals surface area contributed by atoms with Gasteiger partial charge in [0.15, 0.2) is 0 Å². The average Bonchev–Trinajstić information content (AvgIpc) is 2.79. The van der Waals surface area contributed by atoms with Gasteiger partial charge in [0.2, 0.25) is 0 Å². The highest BCUT2D eigenvalue weighted by Gasteiger charge is 2.17. The van der Waals surface area contributed by atoms with Gasteiger partial charge >= 0.3 is 0 Å². The molecule has 0 saturated heterocycles. The van der Waals surface area contributed by atoms with Gasteiger partial charge in [-0.05, 0) is 7.05 Å². The topological polar surface area (TPSA) is 60.6 Å². The Bertz CT molecular complexity index is 443. The molecular formula is C9H14N6. The van der Waals surface area contributed by atoms with Crippen molar-refractivity contribution in [1.82, 2.24) is 29.9 Å². The third-order valence-corrected chi connectivity index (χ3v) is 2.35. The van der Waals surface area contributed by atoms with Gasteiger partial charge in [0.1, 0.15) is 0 Å². The first kappa shape index (κ1) is 9.85. The summed E-state index contributed by atoms with van der Waals surface area (Å²) in [6, 6.07) is 0.0335. The third-order valence-electron chi connectivity index (χ3n) is 2.35. The van der Waals surface area contributed by atoms with Gasteiger partial charge in [-0.25, -0.2) is 4.98 Å². The molecule has 2 heterocycles. The highest BCUT2D eigenvalue weighted by molar-refractivity contribution is 5.17. The Kier molecular flexibility index (Phi) is 2.51. The summed E-state index contributed by atoms with van der Waals surface area (Å²) in [6.45, 7) is 0. The van der Waals surface area contributed by atoms with Gasteiger partial charge in [0, 0.05) is 20.3 Å². The summed E-state index contributed by atoms with van der Waals surface area (Å²) in [5.74, 6) is 0. The maximum absolute atomic E-state index is 4.32. The molecule has 1 atom stereocenters. The van der Waals surface area contributed by atoms with E-state index in [0.717, 1.165) is 11.4 Å². The van der Waals surface area contributed by atoms with Gasteiger partial charge < -0.3 is 9.88 Å². The van der Waals surface area contributed by atoms with Crippen molar-refractivity contribution in [2.45, 2.75) is 6.04 Å². The van der Waals surface area contributed by atoms with Gasteiger partial charge in [-0.1, -0.05) is 5.21 Å². The first-order valence-electron chi connectivity index (χ1n) is 4.72. The van der Waals surface area contributed by atoms with Crippen molar-refractivity contribution in [2.24, 2.45) is 14.1 Å². The molecule has 6 heteroatoms. The number of aromatic nitrogens is 5. The normalized spacial score (nSPS) is 13.0. The summed E-state index contributed by atoms with van der Waals surface area (Å²) in [4.78, 5) is 4.32. The monoisotopic (exact) mass is 206 g/mol. The molecule has 2 rings (SSSR count). The van der Waals surface area contributed by atoms with E-state index in [-0.39, 0.29) is 6.04 Å². The molecule has 80 valence electrons. The zero-order valence-electron chi connectivity index (χ0n) is 9.05. The Balaban J connectivity index is 2.36. The van der Waals surface area contributed by atoms with Crippen molar-refractivity contribution in [2.75, 3.05) is 7.05 Å². The Morgan fingerprint density at radius 3 is 2.67 bits per heavy atom. The molecule has 0 spiro atoms. The van der Waals surface area contributed by atoms with E-state index in [1.165, 1.54) is 0 Å². The smallest absolute Gasteiger partial charge is 0.0951 e. The van der Waals surface area contributed by atoms with Crippen molar-refractivity contribution < 1.29 is 0 Å². The summed E-state index contributed by atoms with van der Waals surface area (Å²) in [5.41, 5.74) is 1.96. The molecule has 2 aromatic rings. The van der Waals surface area contributed by atoms with Crippen LogP contribution in [0, 0.1) is 0 Å². The molecule has 0 radical (unpaired) electrons. The quantitative estimate of drug-likeness (QED) is 0.759. The molecule has 1 unspecified atom stereocenters. The lowest BCUT2D eigenvalue weighted by atomic mass is 10.1. The second kappa shape index (κ2) is 3.82. The first-order chi connectivity index (χ1) is 7.22. The predicted molar refractivity (Wildman–Crippen MR) is 55.1 cm³/mol. The first-order valence-corrected chi connectivity index (χ1v) is 4.72. The van der Waals surface area contributed by atoms with Crippen molar-refractivity contribution >= 4 is 0 Å². The van der Waals surface area contributed by atoms with Gasteiger partial charge in [-0.2, -0.15) is 0 Å². The molecule has 0 aliphatic carbocycles. The van der Waals surface area contributed by atoms with E-state index < -0.39 is 0 Å². The molecule has 0 aliphatic rings. The fourth-order valence-electron chi connectivity index (χ4n) is 1.59. The summed E-state index contributed by atoms with van der Waals surface area (Å²) in [6.07, 6.45) is 5.51. The number of rotatable bonds is 3. The van der Waals surface area contributed by atoms with Gasteiger partial charge in [0.25, 0.3) is 0 Å². The minimum atomic E-state index is 0.0335. The van der Waals surface area contributed by atoms with Gasteiger partial charge in [-0.3, -0.25) is 4.68 Å². The Labute approximate surface area is 87.9 Å². The average molecular weight is 206 g/mol. The van der Waals surface area contributed by atoms with E-state index in [9.17, 15) is 0 Å². The standard InChI is InChI=1S/C9H14N6/c1-10-9(7-5-14(2)6-11-7)8-4-12-13-15(8)3/h4-6,9-10H,1-3H3. The van der Waals surface area contributed by atoms with E-state index in [1.54, 1.807) is 17.2 Å². The molecule has 0 bridgehead atoms. The van der Waals surface area contributed by atoms with E-state index in [2.05, 4.69) is 20.6 Å². The second-order valence-corrected chi connectivity index (χ2v) is 3.47.